The van der Waals surface area contributed by atoms with Gasteiger partial charge in [-0.25, -0.2) is 9.97 Å². The average molecular weight is 525 g/mol. The predicted molar refractivity (Wildman–Crippen MR) is 154 cm³/mol. The monoisotopic (exact) mass is 524 g/mol. The number of rotatable bonds is 7. The number of benzene rings is 3. The maximum atomic E-state index is 12.8. The van der Waals surface area contributed by atoms with Crippen LogP contribution in [0.4, 0.5) is 17.2 Å². The number of thiophene rings is 1. The number of nitrogens with zero attached hydrogens (tertiary/aromatic N) is 2. The minimum Gasteiger partial charge on any atom is -0.494 e. The Morgan fingerprint density at radius 3 is 2.26 bits per heavy atom. The van der Waals surface area contributed by atoms with E-state index < -0.39 is 0 Å². The van der Waals surface area contributed by atoms with E-state index in [2.05, 4.69) is 59.6 Å². The van der Waals surface area contributed by atoms with Gasteiger partial charge in [-0.05, 0) is 49.6 Å². The van der Waals surface area contributed by atoms with Gasteiger partial charge in [-0.3, -0.25) is 4.79 Å². The Balaban J connectivity index is 1.56. The lowest BCUT2D eigenvalue weighted by Crippen LogP contribution is -2.13. The summed E-state index contributed by atoms with van der Waals surface area (Å²) in [5.41, 5.74) is 6.40. The molecule has 8 heteroatoms. The molecule has 38 heavy (non-hydrogen) atoms. The smallest absolute Gasteiger partial charge is 0.255 e. The Morgan fingerprint density at radius 2 is 1.55 bits per heavy atom. The summed E-state index contributed by atoms with van der Waals surface area (Å²) >= 11 is 1.64. The maximum Gasteiger partial charge on any atom is 0.255 e. The number of hydrogen-bond acceptors (Lipinski definition) is 7. The summed E-state index contributed by atoms with van der Waals surface area (Å²) in [6, 6.07) is 19.0. The molecule has 0 atom stereocenters. The standard InChI is InChI=1S/C30H28N4O3S/c1-17-11-12-21(13-18(17)2)26-19(3)38-30-27(26)28(31-16-32-30)33-22-14-25(37-5)23(15-24(22)36-4)34-29(35)20-9-7-6-8-10-20/h6-16H,1-5H3,(H,34,35)(H,31,32,33). The fraction of sp³-hybridized carbons (Fsp3) is 0.167. The summed E-state index contributed by atoms with van der Waals surface area (Å²) < 4.78 is 11.3. The summed E-state index contributed by atoms with van der Waals surface area (Å²) in [5.74, 6) is 1.43. The van der Waals surface area contributed by atoms with Crippen LogP contribution in [0.5, 0.6) is 11.5 Å². The van der Waals surface area contributed by atoms with Gasteiger partial charge in [0.15, 0.2) is 0 Å². The molecule has 0 fully saturated rings. The lowest BCUT2D eigenvalue weighted by atomic mass is 9.99. The molecule has 2 aromatic heterocycles. The Kier molecular flexibility index (Phi) is 6.98. The topological polar surface area (TPSA) is 85.4 Å². The van der Waals surface area contributed by atoms with Crippen molar-refractivity contribution in [2.24, 2.45) is 0 Å². The first-order valence-corrected chi connectivity index (χ1v) is 12.9. The van der Waals surface area contributed by atoms with E-state index in [4.69, 9.17) is 9.47 Å². The van der Waals surface area contributed by atoms with Crippen LogP contribution in [0.3, 0.4) is 0 Å². The Bertz CT molecular complexity index is 1650. The lowest BCUT2D eigenvalue weighted by Gasteiger charge is -2.17. The number of methoxy groups -OCH3 is 2. The van der Waals surface area contributed by atoms with Crippen molar-refractivity contribution in [3.8, 4) is 22.6 Å². The van der Waals surface area contributed by atoms with Crippen LogP contribution in [0.2, 0.25) is 0 Å². The first-order valence-electron chi connectivity index (χ1n) is 12.1. The summed E-state index contributed by atoms with van der Waals surface area (Å²) in [6.07, 6.45) is 1.56. The molecule has 0 bridgehead atoms. The van der Waals surface area contributed by atoms with Crippen LogP contribution < -0.4 is 20.1 Å². The minimum absolute atomic E-state index is 0.240. The van der Waals surface area contributed by atoms with Crippen molar-refractivity contribution in [3.63, 3.8) is 0 Å². The molecule has 5 aromatic rings. The number of ether oxygens (including phenoxy) is 2. The number of aromatic nitrogens is 2. The lowest BCUT2D eigenvalue weighted by molar-refractivity contribution is 0.102. The van der Waals surface area contributed by atoms with Gasteiger partial charge in [-0.1, -0.05) is 36.4 Å². The van der Waals surface area contributed by atoms with Gasteiger partial charge in [0.05, 0.1) is 31.0 Å². The Morgan fingerprint density at radius 1 is 0.842 bits per heavy atom. The number of anilines is 3. The van der Waals surface area contributed by atoms with Gasteiger partial charge in [0.25, 0.3) is 5.91 Å². The molecule has 7 nitrogen and oxygen atoms in total. The molecule has 0 aliphatic rings. The molecular weight excluding hydrogens is 496 g/mol. The van der Waals surface area contributed by atoms with Gasteiger partial charge in [0.1, 0.15) is 28.5 Å². The highest BCUT2D eigenvalue weighted by Gasteiger charge is 2.20. The van der Waals surface area contributed by atoms with Crippen molar-refractivity contribution < 1.29 is 14.3 Å². The van der Waals surface area contributed by atoms with E-state index in [1.54, 1.807) is 56.1 Å². The van der Waals surface area contributed by atoms with E-state index in [1.165, 1.54) is 11.1 Å². The molecule has 2 heterocycles. The van der Waals surface area contributed by atoms with Gasteiger partial charge in [0, 0.05) is 28.1 Å². The first kappa shape index (κ1) is 25.2. The van der Waals surface area contributed by atoms with Crippen molar-refractivity contribution in [1.29, 1.82) is 0 Å². The molecule has 0 saturated heterocycles. The molecule has 1 amide bonds. The number of carbonyl (C=O) groups excluding carboxylic acids is 1. The molecular formula is C30H28N4O3S. The number of nitrogens with one attached hydrogen (secondary N) is 2. The number of hydrogen-bond donors (Lipinski definition) is 2. The van der Waals surface area contributed by atoms with Crippen molar-refractivity contribution in [2.45, 2.75) is 20.8 Å². The van der Waals surface area contributed by atoms with Crippen LogP contribution in [0.15, 0.2) is 67.0 Å². The third-order valence-corrected chi connectivity index (χ3v) is 7.53. The number of amides is 1. The van der Waals surface area contributed by atoms with Crippen molar-refractivity contribution in [1.82, 2.24) is 9.97 Å². The molecule has 0 radical (unpaired) electrons. The highest BCUT2D eigenvalue weighted by atomic mass is 32.1. The number of fused-ring (bicyclic) bond motifs is 1. The van der Waals surface area contributed by atoms with Crippen molar-refractivity contribution in [2.75, 3.05) is 24.9 Å². The zero-order valence-electron chi connectivity index (χ0n) is 21.9. The molecule has 0 aliphatic carbocycles. The van der Waals surface area contributed by atoms with Crippen LogP contribution in [0.25, 0.3) is 21.3 Å². The largest absolute Gasteiger partial charge is 0.494 e. The number of carbonyl (C=O) groups is 1. The minimum atomic E-state index is -0.240. The highest BCUT2D eigenvalue weighted by molar-refractivity contribution is 7.19. The molecule has 5 rings (SSSR count). The average Bonchev–Trinajstić information content (AvgIpc) is 3.27. The Labute approximate surface area is 225 Å². The van der Waals surface area contributed by atoms with E-state index in [0.29, 0.717) is 34.3 Å². The van der Waals surface area contributed by atoms with E-state index in [-0.39, 0.29) is 5.91 Å². The second-order valence-electron chi connectivity index (χ2n) is 8.93. The number of aryl methyl sites for hydroxylation is 3. The SMILES string of the molecule is COc1cc(Nc2ncnc3sc(C)c(-c4ccc(C)c(C)c4)c23)c(OC)cc1NC(=O)c1ccccc1. The van der Waals surface area contributed by atoms with E-state index in [9.17, 15) is 4.79 Å². The van der Waals surface area contributed by atoms with Gasteiger partial charge in [-0.2, -0.15) is 0 Å². The second kappa shape index (κ2) is 10.5. The maximum absolute atomic E-state index is 12.8. The first-order chi connectivity index (χ1) is 18.4. The van der Waals surface area contributed by atoms with Crippen LogP contribution in [0.1, 0.15) is 26.4 Å². The molecule has 0 aliphatic heterocycles. The molecule has 0 unspecified atom stereocenters. The summed E-state index contributed by atoms with van der Waals surface area (Å²) in [7, 11) is 3.15. The van der Waals surface area contributed by atoms with E-state index in [0.717, 1.165) is 26.2 Å². The fourth-order valence-electron chi connectivity index (χ4n) is 4.39. The third-order valence-electron chi connectivity index (χ3n) is 6.52. The Hall–Kier alpha value is -4.43. The van der Waals surface area contributed by atoms with Crippen molar-refractivity contribution in [3.05, 3.63) is 88.6 Å². The van der Waals surface area contributed by atoms with Crippen LogP contribution in [0, 0.1) is 20.8 Å². The summed E-state index contributed by atoms with van der Waals surface area (Å²) in [4.78, 5) is 24.0. The zero-order valence-corrected chi connectivity index (χ0v) is 22.7. The highest BCUT2D eigenvalue weighted by Crippen LogP contribution is 2.43. The molecule has 2 N–H and O–H groups in total. The van der Waals surface area contributed by atoms with Gasteiger partial charge in [0.2, 0.25) is 0 Å². The predicted octanol–water partition coefficient (Wildman–Crippen LogP) is 7.30. The van der Waals surface area contributed by atoms with Crippen LogP contribution in [-0.4, -0.2) is 30.1 Å². The molecule has 192 valence electrons. The summed E-state index contributed by atoms with van der Waals surface area (Å²) in [6.45, 7) is 6.33. The summed E-state index contributed by atoms with van der Waals surface area (Å²) in [5, 5.41) is 7.31. The fourth-order valence-corrected chi connectivity index (χ4v) is 5.40. The zero-order chi connectivity index (χ0) is 26.8. The van der Waals surface area contributed by atoms with Gasteiger partial charge in [-0.15, -0.1) is 11.3 Å². The molecule has 3 aromatic carbocycles. The van der Waals surface area contributed by atoms with Crippen LogP contribution >= 0.6 is 11.3 Å². The molecule has 0 saturated carbocycles. The van der Waals surface area contributed by atoms with Gasteiger partial charge < -0.3 is 20.1 Å². The third kappa shape index (κ3) is 4.78. The second-order valence-corrected chi connectivity index (χ2v) is 10.1. The van der Waals surface area contributed by atoms with Crippen molar-refractivity contribution >= 4 is 44.7 Å². The molecule has 0 spiro atoms. The van der Waals surface area contributed by atoms with Gasteiger partial charge >= 0.3 is 0 Å². The van der Waals surface area contributed by atoms with E-state index >= 15 is 0 Å². The normalized spacial score (nSPS) is 10.9. The van der Waals surface area contributed by atoms with Crippen LogP contribution in [-0.2, 0) is 0 Å². The van der Waals surface area contributed by atoms with E-state index in [1.807, 2.05) is 18.2 Å². The quantitative estimate of drug-likeness (QED) is 0.232.